The van der Waals surface area contributed by atoms with Crippen LogP contribution in [0, 0.1) is 0 Å². The Labute approximate surface area is 140 Å². The maximum atomic E-state index is 12.0. The van der Waals surface area contributed by atoms with Gasteiger partial charge in [-0.25, -0.2) is 4.79 Å². The van der Waals surface area contributed by atoms with Crippen molar-refractivity contribution in [2.75, 3.05) is 0 Å². The molecule has 1 aromatic carbocycles. The average molecular weight is 334 g/mol. The Morgan fingerprint density at radius 1 is 1.43 bits per heavy atom. The maximum Gasteiger partial charge on any atom is 0.328 e. The lowest BCUT2D eigenvalue weighted by Gasteiger charge is -2.30. The van der Waals surface area contributed by atoms with Crippen LogP contribution in [0.3, 0.4) is 0 Å². The molecule has 1 aromatic heterocycles. The fourth-order valence-electron chi connectivity index (χ4n) is 3.24. The second-order valence-electron chi connectivity index (χ2n) is 5.87. The van der Waals surface area contributed by atoms with Crippen molar-refractivity contribution in [3.63, 3.8) is 0 Å². The van der Waals surface area contributed by atoms with E-state index in [9.17, 15) is 9.90 Å². The largest absolute Gasteiger partial charge is 0.480 e. The third-order valence-corrected chi connectivity index (χ3v) is 4.88. The highest BCUT2D eigenvalue weighted by molar-refractivity contribution is 6.30. The molecule has 0 bridgehead atoms. The molecule has 3 rings (SSSR count). The van der Waals surface area contributed by atoms with Crippen LogP contribution in [0.5, 0.6) is 0 Å². The van der Waals surface area contributed by atoms with Gasteiger partial charge in [0.1, 0.15) is 5.54 Å². The molecule has 5 nitrogen and oxygen atoms in total. The number of carboxylic acids is 1. The molecule has 6 heteroatoms. The number of aliphatic carboxylic acids is 1. The number of hydrogen-bond acceptors (Lipinski definition) is 3. The van der Waals surface area contributed by atoms with E-state index in [-0.39, 0.29) is 0 Å². The first-order valence-electron chi connectivity index (χ1n) is 7.85. The van der Waals surface area contributed by atoms with Gasteiger partial charge in [-0.2, -0.15) is 5.10 Å². The Morgan fingerprint density at radius 2 is 2.17 bits per heavy atom. The van der Waals surface area contributed by atoms with Crippen LogP contribution in [0.1, 0.15) is 36.6 Å². The molecule has 2 heterocycles. The van der Waals surface area contributed by atoms with Gasteiger partial charge in [0.2, 0.25) is 0 Å². The van der Waals surface area contributed by atoms with E-state index in [4.69, 9.17) is 11.6 Å². The summed E-state index contributed by atoms with van der Waals surface area (Å²) < 4.78 is 2.01. The monoisotopic (exact) mass is 333 g/mol. The van der Waals surface area contributed by atoms with Crippen LogP contribution in [0.2, 0.25) is 5.02 Å². The van der Waals surface area contributed by atoms with Gasteiger partial charge in [0.05, 0.1) is 6.20 Å². The number of aromatic nitrogens is 2. The van der Waals surface area contributed by atoms with E-state index >= 15 is 0 Å². The van der Waals surface area contributed by atoms with E-state index in [2.05, 4.69) is 10.4 Å². The van der Waals surface area contributed by atoms with Gasteiger partial charge < -0.3 is 5.11 Å². The predicted octanol–water partition coefficient (Wildman–Crippen LogP) is 2.96. The Balaban J connectivity index is 1.87. The van der Waals surface area contributed by atoms with Crippen molar-refractivity contribution < 1.29 is 9.90 Å². The summed E-state index contributed by atoms with van der Waals surface area (Å²) in [7, 11) is 0. The van der Waals surface area contributed by atoms with Crippen LogP contribution >= 0.6 is 11.6 Å². The van der Waals surface area contributed by atoms with Crippen molar-refractivity contribution >= 4 is 17.6 Å². The molecule has 0 saturated heterocycles. The van der Waals surface area contributed by atoms with Crippen molar-refractivity contribution in [3.8, 4) is 0 Å². The molecule has 0 saturated carbocycles. The molecule has 0 amide bonds. The number of aryl methyl sites for hydroxylation is 1. The number of carbonyl (C=O) groups is 1. The zero-order chi connectivity index (χ0) is 16.4. The van der Waals surface area contributed by atoms with Crippen LogP contribution in [-0.2, 0) is 29.8 Å². The normalized spacial score (nSPS) is 16.1. The smallest absolute Gasteiger partial charge is 0.328 e. The lowest BCUT2D eigenvalue weighted by molar-refractivity contribution is -0.145. The van der Waals surface area contributed by atoms with Gasteiger partial charge >= 0.3 is 5.97 Å². The summed E-state index contributed by atoms with van der Waals surface area (Å²) in [5.41, 5.74) is 1.87. The topological polar surface area (TPSA) is 67.2 Å². The number of hydrogen-bond donors (Lipinski definition) is 2. The number of rotatable bonds is 6. The molecule has 1 aliphatic heterocycles. The van der Waals surface area contributed by atoms with E-state index in [0.717, 1.165) is 24.9 Å². The van der Waals surface area contributed by atoms with Crippen molar-refractivity contribution in [1.29, 1.82) is 0 Å². The van der Waals surface area contributed by atoms with Crippen LogP contribution in [0.15, 0.2) is 30.5 Å². The first kappa shape index (κ1) is 16.0. The maximum absolute atomic E-state index is 12.0. The predicted molar refractivity (Wildman–Crippen MR) is 88.4 cm³/mol. The summed E-state index contributed by atoms with van der Waals surface area (Å²) in [6.45, 7) is 3.31. The second-order valence-corrected chi connectivity index (χ2v) is 6.30. The number of nitrogens with zero attached hydrogens (tertiary/aromatic N) is 2. The van der Waals surface area contributed by atoms with Gasteiger partial charge in [0.25, 0.3) is 0 Å². The first-order chi connectivity index (χ1) is 11.1. The van der Waals surface area contributed by atoms with Crippen molar-refractivity contribution in [2.45, 2.75) is 44.8 Å². The number of nitrogens with one attached hydrogen (secondary N) is 1. The minimum Gasteiger partial charge on any atom is -0.480 e. The van der Waals surface area contributed by atoms with Crippen LogP contribution in [0.4, 0.5) is 0 Å². The van der Waals surface area contributed by atoms with Crippen molar-refractivity contribution in [1.82, 2.24) is 15.1 Å². The third kappa shape index (κ3) is 2.86. The summed E-state index contributed by atoms with van der Waals surface area (Å²) >= 11 is 5.93. The molecule has 0 radical (unpaired) electrons. The summed E-state index contributed by atoms with van der Waals surface area (Å²) in [5.74, 6) is -0.883. The van der Waals surface area contributed by atoms with Gasteiger partial charge in [-0.15, -0.1) is 0 Å². The Morgan fingerprint density at radius 3 is 2.83 bits per heavy atom. The number of halogens is 1. The number of carboxylic acid groups (broad SMARTS) is 1. The van der Waals surface area contributed by atoms with Crippen molar-refractivity contribution in [3.05, 3.63) is 52.3 Å². The van der Waals surface area contributed by atoms with Crippen LogP contribution in [-0.4, -0.2) is 20.9 Å². The molecule has 0 aliphatic carbocycles. The van der Waals surface area contributed by atoms with Gasteiger partial charge in [-0.1, -0.05) is 30.7 Å². The molecule has 0 spiro atoms. The minimum absolute atomic E-state index is 0.438. The highest BCUT2D eigenvalue weighted by Gasteiger charge is 2.38. The Bertz CT molecular complexity index is 711. The molecule has 2 aromatic rings. The van der Waals surface area contributed by atoms with E-state index in [0.29, 0.717) is 23.6 Å². The van der Waals surface area contributed by atoms with Gasteiger partial charge in [-0.3, -0.25) is 10.00 Å². The average Bonchev–Trinajstić information content (AvgIpc) is 3.13. The minimum atomic E-state index is -1.13. The SMILES string of the molecule is CC[C@](NCc1cnn2c1CCC2)(C(=O)O)c1ccc(Cl)cc1. The van der Waals surface area contributed by atoms with Gasteiger partial charge in [-0.05, 0) is 37.0 Å². The molecule has 2 N–H and O–H groups in total. The molecule has 1 aliphatic rings. The van der Waals surface area contributed by atoms with E-state index in [1.807, 2.05) is 17.8 Å². The van der Waals surface area contributed by atoms with Gasteiger partial charge in [0, 0.05) is 29.4 Å². The molecule has 122 valence electrons. The molecule has 0 unspecified atom stereocenters. The lowest BCUT2D eigenvalue weighted by Crippen LogP contribution is -2.48. The zero-order valence-corrected chi connectivity index (χ0v) is 13.8. The van der Waals surface area contributed by atoms with Gasteiger partial charge in [0.15, 0.2) is 0 Å². The second kappa shape index (κ2) is 6.34. The van der Waals surface area contributed by atoms with Crippen LogP contribution < -0.4 is 5.32 Å². The number of fused-ring (bicyclic) bond motifs is 1. The standard InChI is InChI=1S/C17H20ClN3O2/c1-2-17(16(22)23,13-5-7-14(18)8-6-13)19-10-12-11-20-21-9-3-4-15(12)21/h5-8,11,19H,2-4,9-10H2,1H3,(H,22,23)/t17-/m1/s1. The summed E-state index contributed by atoms with van der Waals surface area (Å²) in [6.07, 6.45) is 4.38. The highest BCUT2D eigenvalue weighted by atomic mass is 35.5. The molecule has 23 heavy (non-hydrogen) atoms. The van der Waals surface area contributed by atoms with E-state index < -0.39 is 11.5 Å². The fraction of sp³-hybridized carbons (Fsp3) is 0.412. The molecule has 0 fully saturated rings. The Kier molecular flexibility index (Phi) is 4.41. The zero-order valence-electron chi connectivity index (χ0n) is 13.1. The Hall–Kier alpha value is -1.85. The third-order valence-electron chi connectivity index (χ3n) is 4.63. The van der Waals surface area contributed by atoms with E-state index in [1.165, 1.54) is 5.69 Å². The van der Waals surface area contributed by atoms with Crippen LogP contribution in [0.25, 0.3) is 0 Å². The molecular weight excluding hydrogens is 314 g/mol. The molecular formula is C17H20ClN3O2. The summed E-state index contributed by atoms with van der Waals surface area (Å²) in [5, 5.41) is 18.1. The summed E-state index contributed by atoms with van der Waals surface area (Å²) in [4.78, 5) is 12.0. The van der Waals surface area contributed by atoms with Crippen molar-refractivity contribution in [2.24, 2.45) is 0 Å². The molecule has 1 atom stereocenters. The quantitative estimate of drug-likeness (QED) is 0.853. The summed E-state index contributed by atoms with van der Waals surface area (Å²) in [6, 6.07) is 7.00. The first-order valence-corrected chi connectivity index (χ1v) is 8.22. The van der Waals surface area contributed by atoms with E-state index in [1.54, 1.807) is 24.3 Å². The number of benzene rings is 1. The highest BCUT2D eigenvalue weighted by Crippen LogP contribution is 2.28. The fourth-order valence-corrected chi connectivity index (χ4v) is 3.36. The lowest BCUT2D eigenvalue weighted by atomic mass is 9.87.